The summed E-state index contributed by atoms with van der Waals surface area (Å²) in [5, 5.41) is 19.6. The van der Waals surface area contributed by atoms with Crippen LogP contribution in [0.2, 0.25) is 5.02 Å². The van der Waals surface area contributed by atoms with Crippen LogP contribution in [0, 0.1) is 0 Å². The molecule has 0 bridgehead atoms. The zero-order valence-electron chi connectivity index (χ0n) is 11.4. The number of hydrogen-bond acceptors (Lipinski definition) is 6. The molecule has 0 fully saturated rings. The Morgan fingerprint density at radius 1 is 1.59 bits per heavy atom. The highest BCUT2D eigenvalue weighted by atomic mass is 79.9. The molecular formula is C13H12BrClN4O3. The Kier molecular flexibility index (Phi) is 5.40. The molecule has 2 rings (SSSR count). The highest BCUT2D eigenvalue weighted by Gasteiger charge is 2.08. The Labute approximate surface area is 139 Å². The molecule has 0 aliphatic carbocycles. The van der Waals surface area contributed by atoms with E-state index in [2.05, 4.69) is 36.7 Å². The van der Waals surface area contributed by atoms with Crippen molar-refractivity contribution in [3.05, 3.63) is 43.7 Å². The zero-order valence-corrected chi connectivity index (χ0v) is 13.8. The van der Waals surface area contributed by atoms with Gasteiger partial charge >= 0.3 is 0 Å². The summed E-state index contributed by atoms with van der Waals surface area (Å²) in [6.07, 6.45) is 2.84. The Balaban J connectivity index is 2.20. The number of phenols is 1. The van der Waals surface area contributed by atoms with Crippen LogP contribution in [0.1, 0.15) is 12.5 Å². The van der Waals surface area contributed by atoms with E-state index in [0.717, 1.165) is 0 Å². The van der Waals surface area contributed by atoms with Crippen LogP contribution in [0.3, 0.4) is 0 Å². The molecule has 1 aromatic carbocycles. The average molecular weight is 388 g/mol. The van der Waals surface area contributed by atoms with Crippen LogP contribution in [0.25, 0.3) is 0 Å². The van der Waals surface area contributed by atoms with Crippen molar-refractivity contribution < 1.29 is 9.84 Å². The van der Waals surface area contributed by atoms with Gasteiger partial charge < -0.3 is 9.84 Å². The number of hydrogen-bond donors (Lipinski definition) is 3. The highest BCUT2D eigenvalue weighted by Crippen LogP contribution is 2.35. The van der Waals surface area contributed by atoms with Gasteiger partial charge in [-0.25, -0.2) is 5.10 Å². The second-order valence-corrected chi connectivity index (χ2v) is 5.31. The summed E-state index contributed by atoms with van der Waals surface area (Å²) in [4.78, 5) is 11.3. The largest absolute Gasteiger partial charge is 0.503 e. The summed E-state index contributed by atoms with van der Waals surface area (Å²) in [7, 11) is 0. The number of halogens is 2. The minimum Gasteiger partial charge on any atom is -0.503 e. The third-order valence-electron chi connectivity index (χ3n) is 2.54. The zero-order chi connectivity index (χ0) is 16.1. The molecule has 1 heterocycles. The number of aromatic nitrogens is 2. The molecule has 0 aliphatic rings. The van der Waals surface area contributed by atoms with Gasteiger partial charge in [-0.15, -0.1) is 0 Å². The van der Waals surface area contributed by atoms with Crippen molar-refractivity contribution in [1.29, 1.82) is 0 Å². The number of nitrogens with zero attached hydrogens (tertiary/aromatic N) is 2. The molecule has 0 saturated carbocycles. The summed E-state index contributed by atoms with van der Waals surface area (Å²) in [5.41, 5.74) is 3.08. The molecule has 0 spiro atoms. The smallest absolute Gasteiger partial charge is 0.285 e. The molecule has 3 N–H and O–H groups in total. The van der Waals surface area contributed by atoms with Crippen LogP contribution in [-0.4, -0.2) is 28.1 Å². The maximum atomic E-state index is 11.3. The molecular weight excluding hydrogens is 376 g/mol. The van der Waals surface area contributed by atoms with Crippen molar-refractivity contribution in [3.63, 3.8) is 0 Å². The average Bonchev–Trinajstić information content (AvgIpc) is 2.49. The van der Waals surface area contributed by atoms with Crippen molar-refractivity contribution in [3.8, 4) is 11.5 Å². The Bertz CT molecular complexity index is 763. The van der Waals surface area contributed by atoms with Crippen LogP contribution in [0.4, 0.5) is 5.69 Å². The normalized spacial score (nSPS) is 10.9. The Hall–Kier alpha value is -2.06. The van der Waals surface area contributed by atoms with Crippen LogP contribution in [0.15, 0.2) is 32.7 Å². The van der Waals surface area contributed by atoms with Gasteiger partial charge in [-0.3, -0.25) is 10.2 Å². The number of rotatable bonds is 5. The van der Waals surface area contributed by atoms with E-state index in [-0.39, 0.29) is 16.5 Å². The number of hydrazone groups is 1. The lowest BCUT2D eigenvalue weighted by molar-refractivity contribution is 0.317. The number of aromatic amines is 1. The molecule has 0 unspecified atom stereocenters. The van der Waals surface area contributed by atoms with Gasteiger partial charge in [-0.1, -0.05) is 11.6 Å². The van der Waals surface area contributed by atoms with Gasteiger partial charge in [0.15, 0.2) is 11.5 Å². The van der Waals surface area contributed by atoms with Crippen molar-refractivity contribution >= 4 is 39.4 Å². The number of ether oxygens (including phenoxy) is 1. The molecule has 1 aromatic heterocycles. The molecule has 7 nitrogen and oxygen atoms in total. The Morgan fingerprint density at radius 2 is 2.36 bits per heavy atom. The summed E-state index contributed by atoms with van der Waals surface area (Å²) >= 11 is 9.04. The van der Waals surface area contributed by atoms with E-state index in [1.165, 1.54) is 12.4 Å². The first-order chi connectivity index (χ1) is 10.5. The monoisotopic (exact) mass is 386 g/mol. The topological polar surface area (TPSA) is 99.6 Å². The number of anilines is 1. The van der Waals surface area contributed by atoms with Gasteiger partial charge in [0.05, 0.1) is 23.5 Å². The van der Waals surface area contributed by atoms with Gasteiger partial charge in [-0.05, 0) is 40.5 Å². The third-order valence-corrected chi connectivity index (χ3v) is 3.52. The predicted molar refractivity (Wildman–Crippen MR) is 88.1 cm³/mol. The maximum absolute atomic E-state index is 11.3. The number of H-pyrrole nitrogens is 1. The first kappa shape index (κ1) is 16.3. The predicted octanol–water partition coefficient (Wildman–Crippen LogP) is 2.74. The number of aromatic hydroxyl groups is 1. The van der Waals surface area contributed by atoms with E-state index in [1.807, 2.05) is 6.92 Å². The highest BCUT2D eigenvalue weighted by molar-refractivity contribution is 9.10. The first-order valence-corrected chi connectivity index (χ1v) is 7.37. The standard InChI is InChI=1S/C13H12BrClN4O3/c1-2-22-10-4-7(3-8(14)12(10)20)5-16-18-9-6-17-19-13(21)11(9)15/h3-6,20H,2H2,1H3,(H2,18,19,21)/b16-5-. The van der Waals surface area contributed by atoms with E-state index < -0.39 is 5.56 Å². The fraction of sp³-hybridized carbons (Fsp3) is 0.154. The minimum atomic E-state index is -0.507. The second-order valence-electron chi connectivity index (χ2n) is 4.08. The van der Waals surface area contributed by atoms with Crippen molar-refractivity contribution in [2.45, 2.75) is 6.92 Å². The first-order valence-electron chi connectivity index (χ1n) is 6.20. The number of phenolic OH excluding ortho intramolecular Hbond substituents is 1. The van der Waals surface area contributed by atoms with Gasteiger partial charge in [0.1, 0.15) is 10.7 Å². The quantitative estimate of drug-likeness (QED) is 0.541. The summed E-state index contributed by atoms with van der Waals surface area (Å²) < 4.78 is 5.80. The second kappa shape index (κ2) is 7.28. The van der Waals surface area contributed by atoms with E-state index in [0.29, 0.717) is 22.4 Å². The van der Waals surface area contributed by atoms with Crippen LogP contribution in [-0.2, 0) is 0 Å². The fourth-order valence-electron chi connectivity index (χ4n) is 1.57. The lowest BCUT2D eigenvalue weighted by Crippen LogP contribution is -2.10. The summed E-state index contributed by atoms with van der Waals surface area (Å²) in [6, 6.07) is 3.30. The van der Waals surface area contributed by atoms with Crippen molar-refractivity contribution in [2.24, 2.45) is 5.10 Å². The van der Waals surface area contributed by atoms with Gasteiger partial charge in [0.2, 0.25) is 0 Å². The number of nitrogens with one attached hydrogen (secondary N) is 2. The third kappa shape index (κ3) is 3.77. The molecule has 0 aliphatic heterocycles. The molecule has 9 heteroatoms. The van der Waals surface area contributed by atoms with Crippen molar-refractivity contribution in [1.82, 2.24) is 10.2 Å². The Morgan fingerprint density at radius 3 is 3.09 bits per heavy atom. The van der Waals surface area contributed by atoms with E-state index in [9.17, 15) is 9.90 Å². The molecule has 0 saturated heterocycles. The lowest BCUT2D eigenvalue weighted by Gasteiger charge is -2.08. The molecule has 0 radical (unpaired) electrons. The van der Waals surface area contributed by atoms with Crippen LogP contribution < -0.4 is 15.7 Å². The molecule has 0 atom stereocenters. The van der Waals surface area contributed by atoms with Crippen LogP contribution in [0.5, 0.6) is 11.5 Å². The molecule has 22 heavy (non-hydrogen) atoms. The SMILES string of the molecule is CCOc1cc(/C=N\Nc2cn[nH]c(=O)c2Cl)cc(Br)c1O. The molecule has 0 amide bonds. The van der Waals surface area contributed by atoms with Gasteiger partial charge in [0, 0.05) is 0 Å². The van der Waals surface area contributed by atoms with Crippen molar-refractivity contribution in [2.75, 3.05) is 12.0 Å². The van der Waals surface area contributed by atoms with E-state index >= 15 is 0 Å². The molecule has 2 aromatic rings. The van der Waals surface area contributed by atoms with Gasteiger partial charge in [0.25, 0.3) is 5.56 Å². The number of benzene rings is 1. The maximum Gasteiger partial charge on any atom is 0.285 e. The molecule has 116 valence electrons. The summed E-state index contributed by atoms with van der Waals surface area (Å²) in [6.45, 7) is 2.24. The van der Waals surface area contributed by atoms with Crippen LogP contribution >= 0.6 is 27.5 Å². The fourth-order valence-corrected chi connectivity index (χ4v) is 2.16. The summed E-state index contributed by atoms with van der Waals surface area (Å²) in [5.74, 6) is 0.364. The minimum absolute atomic E-state index is 0.0220. The van der Waals surface area contributed by atoms with E-state index in [4.69, 9.17) is 16.3 Å². The van der Waals surface area contributed by atoms with Gasteiger partial charge in [-0.2, -0.15) is 10.2 Å². The lowest BCUT2D eigenvalue weighted by atomic mass is 10.2. The van der Waals surface area contributed by atoms with E-state index in [1.54, 1.807) is 12.1 Å².